The van der Waals surface area contributed by atoms with Gasteiger partial charge in [0.05, 0.1) is 18.7 Å². The molecule has 0 unspecified atom stereocenters. The summed E-state index contributed by atoms with van der Waals surface area (Å²) in [5.41, 5.74) is 5.64. The zero-order valence-corrected chi connectivity index (χ0v) is 31.7. The number of nitrogens with two attached hydrogens (primary N) is 1. The van der Waals surface area contributed by atoms with Crippen LogP contribution >= 0.6 is 0 Å². The van der Waals surface area contributed by atoms with Crippen molar-refractivity contribution in [3.05, 3.63) is 42.5 Å². The first-order chi connectivity index (χ1) is 25.8. The Kier molecular flexibility index (Phi) is 17.9. The minimum absolute atomic E-state index is 0.0777. The molecule has 1 saturated carbocycles. The van der Waals surface area contributed by atoms with Gasteiger partial charge in [-0.1, -0.05) is 57.0 Å². The number of alkyl carbamates (subject to hydrolysis) is 1. The molecule has 2 aromatic carbocycles. The van der Waals surface area contributed by atoms with E-state index in [2.05, 4.69) is 31.9 Å². The molecule has 1 fully saturated rings. The number of carbonyl (C=O) groups is 6. The quantitative estimate of drug-likeness (QED) is 0.0846. The van der Waals surface area contributed by atoms with Gasteiger partial charge in [0, 0.05) is 6.04 Å². The van der Waals surface area contributed by atoms with Crippen LogP contribution in [0.5, 0.6) is 5.75 Å². The maximum absolute atomic E-state index is 13.4. The normalized spacial score (nSPS) is 15.6. The Morgan fingerprint density at radius 1 is 0.815 bits per heavy atom. The lowest BCUT2D eigenvalue weighted by molar-refractivity contribution is -0.134. The van der Waals surface area contributed by atoms with Crippen LogP contribution in [0.1, 0.15) is 72.6 Å². The van der Waals surface area contributed by atoms with Crippen LogP contribution in [-0.2, 0) is 28.7 Å². The number of carbonyl (C=O) groups excluding carboxylic acids is 6. The number of aliphatic hydroxyl groups is 1. The first-order valence-corrected chi connectivity index (χ1v) is 18.7. The van der Waals surface area contributed by atoms with Crippen LogP contribution < -0.4 is 42.4 Å². The van der Waals surface area contributed by atoms with Gasteiger partial charge in [-0.15, -0.1) is 0 Å². The molecule has 54 heavy (non-hydrogen) atoms. The highest BCUT2D eigenvalue weighted by molar-refractivity contribution is 5.94. The minimum atomic E-state index is -1.37. The molecule has 5 atom stereocenters. The highest BCUT2D eigenvalue weighted by Crippen LogP contribution is 2.20. The predicted molar refractivity (Wildman–Crippen MR) is 202 cm³/mol. The van der Waals surface area contributed by atoms with Crippen LogP contribution in [0.25, 0.3) is 10.8 Å². The topological polar surface area (TPSA) is 239 Å². The number of hydrogen-bond acceptors (Lipinski definition) is 10. The van der Waals surface area contributed by atoms with Crippen molar-refractivity contribution in [2.24, 2.45) is 11.7 Å². The molecule has 0 saturated heterocycles. The fraction of sp³-hybridized carbons (Fsp3) is 0.579. The lowest BCUT2D eigenvalue weighted by Gasteiger charge is -2.26. The van der Waals surface area contributed by atoms with Crippen molar-refractivity contribution in [1.29, 1.82) is 0 Å². The number of benzene rings is 2. The lowest BCUT2D eigenvalue weighted by atomic mass is 10.0. The van der Waals surface area contributed by atoms with Crippen LogP contribution in [0.15, 0.2) is 42.5 Å². The summed E-state index contributed by atoms with van der Waals surface area (Å²) in [5, 5.41) is 27.9. The van der Waals surface area contributed by atoms with Crippen LogP contribution in [0.2, 0.25) is 0 Å². The molecular formula is C38H57N7O9. The maximum Gasteiger partial charge on any atom is 0.407 e. The number of fused-ring (bicyclic) bond motifs is 1. The highest BCUT2D eigenvalue weighted by Gasteiger charge is 2.31. The first-order valence-electron chi connectivity index (χ1n) is 18.7. The van der Waals surface area contributed by atoms with Crippen molar-refractivity contribution in [2.45, 2.75) is 109 Å². The average molecular weight is 756 g/mol. The summed E-state index contributed by atoms with van der Waals surface area (Å²) in [7, 11) is 0. The van der Waals surface area contributed by atoms with Gasteiger partial charge in [-0.2, -0.15) is 0 Å². The number of rotatable bonds is 21. The van der Waals surface area contributed by atoms with Crippen molar-refractivity contribution in [3.63, 3.8) is 0 Å². The van der Waals surface area contributed by atoms with Gasteiger partial charge < -0.3 is 52.2 Å². The van der Waals surface area contributed by atoms with E-state index >= 15 is 0 Å². The standard InChI is InChI=1S/C38H57N7O9/c1-23(2)33(45-35(49)30(15-9-10-18-39)43-32(48)22-53-29-17-16-26-11-5-6-12-27(26)19-29)36(50)40-20-31(47)44-34(25(4)46)37(51)41-24(3)21-54-38(52)42-28-13-7-8-14-28/h5-6,11-12,16-17,19,23-25,28,30,33-34,46H,7-10,13-15,18,20-22,39H2,1-4H3,(H,40,50)(H,41,51)(H,42,52)(H,43,48)(H,44,47)(H,45,49)/t24-,25+,30-,33-,34-/m0/s1. The first kappa shape index (κ1) is 43.4. The van der Waals surface area contributed by atoms with Crippen molar-refractivity contribution in [3.8, 4) is 5.75 Å². The Morgan fingerprint density at radius 2 is 1.52 bits per heavy atom. The molecule has 9 N–H and O–H groups in total. The largest absolute Gasteiger partial charge is 0.484 e. The second-order valence-electron chi connectivity index (χ2n) is 14.1. The third-order valence-electron chi connectivity index (χ3n) is 8.97. The molecule has 16 nitrogen and oxygen atoms in total. The molecule has 0 aliphatic heterocycles. The molecule has 2 aromatic rings. The van der Waals surface area contributed by atoms with Crippen LogP contribution in [-0.4, -0.2) is 103 Å². The second kappa shape index (κ2) is 22.3. The van der Waals surface area contributed by atoms with Gasteiger partial charge in [-0.3, -0.25) is 24.0 Å². The fourth-order valence-electron chi connectivity index (χ4n) is 5.95. The van der Waals surface area contributed by atoms with Crippen molar-refractivity contribution in [1.82, 2.24) is 31.9 Å². The molecule has 1 aliphatic rings. The SMILES string of the molecule is CC(C)[C@H](NC(=O)[C@H](CCCCN)NC(=O)COc1ccc2ccccc2c1)C(=O)NCC(=O)N[C@H](C(=O)N[C@@H](C)COC(=O)NC1CCCC1)[C@@H](C)O. The minimum Gasteiger partial charge on any atom is -0.484 e. The molecule has 3 rings (SSSR count). The average Bonchev–Trinajstić information content (AvgIpc) is 3.65. The molecule has 298 valence electrons. The third kappa shape index (κ3) is 14.8. The summed E-state index contributed by atoms with van der Waals surface area (Å²) >= 11 is 0. The number of nitrogens with one attached hydrogen (secondary N) is 6. The Bertz CT molecular complexity index is 1560. The van der Waals surface area contributed by atoms with Gasteiger partial charge in [0.25, 0.3) is 5.91 Å². The summed E-state index contributed by atoms with van der Waals surface area (Å²) < 4.78 is 10.9. The molecule has 0 radical (unpaired) electrons. The Balaban J connectivity index is 1.50. The van der Waals surface area contributed by atoms with Gasteiger partial charge >= 0.3 is 6.09 Å². The van der Waals surface area contributed by atoms with Gasteiger partial charge in [0.15, 0.2) is 6.61 Å². The zero-order valence-electron chi connectivity index (χ0n) is 31.7. The lowest BCUT2D eigenvalue weighted by Crippen LogP contribution is -2.58. The fourth-order valence-corrected chi connectivity index (χ4v) is 5.95. The van der Waals surface area contributed by atoms with E-state index in [1.165, 1.54) is 6.92 Å². The molecule has 1 aliphatic carbocycles. The summed E-state index contributed by atoms with van der Waals surface area (Å²) in [6.45, 7) is 5.73. The van der Waals surface area contributed by atoms with E-state index in [4.69, 9.17) is 15.2 Å². The van der Waals surface area contributed by atoms with Crippen molar-refractivity contribution < 1.29 is 43.3 Å². The Morgan fingerprint density at radius 3 is 2.19 bits per heavy atom. The van der Waals surface area contributed by atoms with E-state index in [0.29, 0.717) is 25.1 Å². The molecular weight excluding hydrogens is 698 g/mol. The summed E-state index contributed by atoms with van der Waals surface area (Å²) in [4.78, 5) is 77.3. The number of aliphatic hydroxyl groups excluding tert-OH is 1. The van der Waals surface area contributed by atoms with E-state index in [1.807, 2.05) is 36.4 Å². The summed E-state index contributed by atoms with van der Waals surface area (Å²) in [5.74, 6) is -3.18. The number of ether oxygens (including phenoxy) is 2. The molecule has 0 heterocycles. The highest BCUT2D eigenvalue weighted by atomic mass is 16.5. The number of amides is 6. The van der Waals surface area contributed by atoms with Gasteiger partial charge in [-0.05, 0) is 81.3 Å². The van der Waals surface area contributed by atoms with Crippen LogP contribution in [0, 0.1) is 5.92 Å². The Hall–Kier alpha value is -4.96. The van der Waals surface area contributed by atoms with E-state index in [1.54, 1.807) is 26.8 Å². The Labute approximate surface area is 316 Å². The van der Waals surface area contributed by atoms with Gasteiger partial charge in [-0.25, -0.2) is 4.79 Å². The smallest absolute Gasteiger partial charge is 0.407 e. The zero-order chi connectivity index (χ0) is 39.6. The summed E-state index contributed by atoms with van der Waals surface area (Å²) in [6.07, 6.45) is 3.43. The van der Waals surface area contributed by atoms with E-state index < -0.39 is 78.4 Å². The van der Waals surface area contributed by atoms with Gasteiger partial charge in [0.1, 0.15) is 30.5 Å². The van der Waals surface area contributed by atoms with E-state index in [-0.39, 0.29) is 25.7 Å². The van der Waals surface area contributed by atoms with Crippen molar-refractivity contribution in [2.75, 3.05) is 26.3 Å². The molecule has 16 heteroatoms. The molecule has 0 spiro atoms. The monoisotopic (exact) mass is 755 g/mol. The third-order valence-corrected chi connectivity index (χ3v) is 8.97. The van der Waals surface area contributed by atoms with Crippen LogP contribution in [0.4, 0.5) is 4.79 Å². The summed E-state index contributed by atoms with van der Waals surface area (Å²) in [6, 6.07) is 9.20. The van der Waals surface area contributed by atoms with Crippen molar-refractivity contribution >= 4 is 46.4 Å². The molecule has 6 amide bonds. The van der Waals surface area contributed by atoms with E-state index in [0.717, 1.165) is 36.5 Å². The predicted octanol–water partition coefficient (Wildman–Crippen LogP) is 1.13. The van der Waals surface area contributed by atoms with Gasteiger partial charge in [0.2, 0.25) is 23.6 Å². The molecule has 0 aromatic heterocycles. The number of unbranched alkanes of at least 4 members (excludes halogenated alkanes) is 1. The maximum atomic E-state index is 13.4. The second-order valence-corrected chi connectivity index (χ2v) is 14.1. The molecule has 0 bridgehead atoms. The van der Waals surface area contributed by atoms with Crippen LogP contribution in [0.3, 0.4) is 0 Å². The number of hydrogen-bond donors (Lipinski definition) is 8. The van der Waals surface area contributed by atoms with E-state index in [9.17, 15) is 33.9 Å².